The fourth-order valence-corrected chi connectivity index (χ4v) is 7.42. The van der Waals surface area contributed by atoms with Gasteiger partial charge in [0.25, 0.3) is 0 Å². The Morgan fingerprint density at radius 1 is 1.06 bits per heavy atom. The number of fused-ring (bicyclic) bond motifs is 1. The third kappa shape index (κ3) is 9.22. The van der Waals surface area contributed by atoms with Crippen molar-refractivity contribution in [3.8, 4) is 11.1 Å². The number of halogens is 4. The first-order chi connectivity index (χ1) is 22.3. The molecule has 1 atom stereocenters. The van der Waals surface area contributed by atoms with Crippen LogP contribution < -0.4 is 16.0 Å². The van der Waals surface area contributed by atoms with Gasteiger partial charge in [-0.1, -0.05) is 30.3 Å². The number of amides is 3. The molecule has 1 aliphatic carbocycles. The summed E-state index contributed by atoms with van der Waals surface area (Å²) < 4.78 is 85.5. The lowest BCUT2D eigenvalue weighted by atomic mass is 10.1. The summed E-state index contributed by atoms with van der Waals surface area (Å²) in [4.78, 5) is 45.6. The Labute approximate surface area is 269 Å². The van der Waals surface area contributed by atoms with Gasteiger partial charge in [0.1, 0.15) is 23.2 Å². The van der Waals surface area contributed by atoms with E-state index in [2.05, 4.69) is 25.9 Å². The normalized spacial score (nSPS) is 14.0. The van der Waals surface area contributed by atoms with Crippen LogP contribution in [-0.2, 0) is 30.8 Å². The van der Waals surface area contributed by atoms with Crippen molar-refractivity contribution in [2.45, 2.75) is 43.3 Å². The largest absolute Gasteiger partial charge is 0.444 e. The van der Waals surface area contributed by atoms with Gasteiger partial charge in [-0.2, -0.15) is 13.2 Å². The predicted octanol–water partition coefficient (Wildman–Crippen LogP) is 5.05. The quantitative estimate of drug-likeness (QED) is 0.174. The van der Waals surface area contributed by atoms with Crippen LogP contribution in [0.3, 0.4) is 0 Å². The zero-order chi connectivity index (χ0) is 33.8. The third-order valence-corrected chi connectivity index (χ3v) is 10.0. The van der Waals surface area contributed by atoms with Gasteiger partial charge in [0.2, 0.25) is 11.8 Å². The lowest BCUT2D eigenvalue weighted by molar-refractivity contribution is -0.130. The second-order valence-electron chi connectivity index (χ2n) is 10.6. The van der Waals surface area contributed by atoms with Crippen molar-refractivity contribution in [2.24, 2.45) is 0 Å². The number of nitrogens with zero attached hydrogens (tertiary/aromatic N) is 2. The Bertz CT molecular complexity index is 1880. The summed E-state index contributed by atoms with van der Waals surface area (Å²) in [7, 11) is -4.79. The predicted molar refractivity (Wildman–Crippen MR) is 164 cm³/mol. The maximum absolute atomic E-state index is 15.2. The summed E-state index contributed by atoms with van der Waals surface area (Å²) in [5.74, 6) is -3.85. The molecule has 17 heteroatoms. The number of aromatic nitrogens is 2. The number of alkyl halides is 3. The number of pyridine rings is 1. The van der Waals surface area contributed by atoms with Crippen LogP contribution >= 0.6 is 11.3 Å². The van der Waals surface area contributed by atoms with Gasteiger partial charge >= 0.3 is 12.3 Å². The van der Waals surface area contributed by atoms with Crippen molar-refractivity contribution < 1.29 is 45.1 Å². The molecule has 11 nitrogen and oxygen atoms in total. The Morgan fingerprint density at radius 3 is 2.47 bits per heavy atom. The summed E-state index contributed by atoms with van der Waals surface area (Å²) in [6, 6.07) is 14.2. The van der Waals surface area contributed by atoms with Crippen LogP contribution in [0.4, 0.5) is 28.2 Å². The first-order valence-electron chi connectivity index (χ1n) is 14.2. The van der Waals surface area contributed by atoms with Gasteiger partial charge < -0.3 is 15.4 Å². The number of carbonyl (C=O) groups excluding carboxylic acids is 3. The van der Waals surface area contributed by atoms with Gasteiger partial charge in [0.05, 0.1) is 28.9 Å². The summed E-state index contributed by atoms with van der Waals surface area (Å²) in [5, 5.41) is 4.69. The number of nitrogens with one attached hydrogen (secondary N) is 3. The van der Waals surface area contributed by atoms with Gasteiger partial charge in [0, 0.05) is 23.4 Å². The number of sulfone groups is 1. The van der Waals surface area contributed by atoms with Crippen molar-refractivity contribution in [1.82, 2.24) is 20.6 Å². The molecule has 0 aliphatic heterocycles. The van der Waals surface area contributed by atoms with E-state index >= 15 is 4.39 Å². The molecular formula is C30H27F4N5O6S2. The summed E-state index contributed by atoms with van der Waals surface area (Å²) in [6.45, 7) is -0.555. The molecule has 248 valence electrons. The monoisotopic (exact) mass is 693 g/mol. The zero-order valence-corrected chi connectivity index (χ0v) is 26.0. The lowest BCUT2D eigenvalue weighted by Gasteiger charge is -2.16. The zero-order valence-electron chi connectivity index (χ0n) is 24.3. The number of thiazole rings is 1. The second kappa shape index (κ2) is 14.0. The highest BCUT2D eigenvalue weighted by Gasteiger charge is 2.40. The summed E-state index contributed by atoms with van der Waals surface area (Å²) >= 11 is 0.629. The Kier molecular flexibility index (Phi) is 10.0. The fraction of sp³-hybridized carbons (Fsp3) is 0.300. The molecule has 0 spiro atoms. The molecule has 5 rings (SSSR count). The van der Waals surface area contributed by atoms with Crippen molar-refractivity contribution in [2.75, 3.05) is 17.6 Å². The molecule has 1 unspecified atom stereocenters. The standard InChI is InChI=1S/C30H27F4N5O6S2/c31-21-13-23-22(12-20(21)18-6-9-24(35-14-18)39-29(42)45-16-17-4-2-1-3-5-17)38-28(46-23)26(47(43,44)11-10-30(32,33)34)27(41)36-15-25(40)37-19-7-8-19/h1-6,9,12-14,19,26H,7-8,10-11,15-16H2,(H,36,41)(H,37,40)(H,35,39,42). The Morgan fingerprint density at radius 2 is 1.81 bits per heavy atom. The second-order valence-corrected chi connectivity index (χ2v) is 13.9. The van der Waals surface area contributed by atoms with E-state index in [4.69, 9.17) is 4.74 Å². The maximum Gasteiger partial charge on any atom is 0.413 e. The Balaban J connectivity index is 1.34. The van der Waals surface area contributed by atoms with Crippen LogP contribution in [0.2, 0.25) is 0 Å². The highest BCUT2D eigenvalue weighted by Crippen LogP contribution is 2.36. The minimum Gasteiger partial charge on any atom is -0.444 e. The molecule has 2 aromatic heterocycles. The van der Waals surface area contributed by atoms with Gasteiger partial charge in [-0.3, -0.25) is 14.9 Å². The molecule has 3 amide bonds. The van der Waals surface area contributed by atoms with E-state index < -0.39 is 63.7 Å². The molecule has 47 heavy (non-hydrogen) atoms. The van der Waals surface area contributed by atoms with Crippen molar-refractivity contribution in [3.63, 3.8) is 0 Å². The van der Waals surface area contributed by atoms with E-state index in [1.807, 2.05) is 6.07 Å². The SMILES string of the molecule is O=C(CNC(=O)C(c1nc2cc(-c3ccc(NC(=O)OCc4ccccc4)nc3)c(F)cc2s1)S(=O)(=O)CCC(F)(F)F)NC1CC1. The van der Waals surface area contributed by atoms with Gasteiger partial charge in [-0.05, 0) is 42.7 Å². The minimum absolute atomic E-state index is 0.00210. The molecular weight excluding hydrogens is 666 g/mol. The highest BCUT2D eigenvalue weighted by atomic mass is 32.2. The first-order valence-corrected chi connectivity index (χ1v) is 16.7. The molecule has 1 aliphatic rings. The number of hydrogen-bond donors (Lipinski definition) is 3. The van der Waals surface area contributed by atoms with Crippen molar-refractivity contribution in [1.29, 1.82) is 0 Å². The van der Waals surface area contributed by atoms with Gasteiger partial charge in [0.15, 0.2) is 15.1 Å². The molecule has 0 bridgehead atoms. The molecule has 2 heterocycles. The third-order valence-electron chi connectivity index (χ3n) is 6.87. The highest BCUT2D eigenvalue weighted by molar-refractivity contribution is 7.92. The molecule has 3 N–H and O–H groups in total. The molecule has 0 saturated heterocycles. The van der Waals surface area contributed by atoms with Crippen LogP contribution in [0.1, 0.15) is 35.1 Å². The molecule has 0 radical (unpaired) electrons. The van der Waals surface area contributed by atoms with Gasteiger partial charge in [-0.15, -0.1) is 11.3 Å². The van der Waals surface area contributed by atoms with E-state index in [1.165, 1.54) is 24.4 Å². The average molecular weight is 694 g/mol. The molecule has 2 aromatic carbocycles. The van der Waals surface area contributed by atoms with E-state index in [-0.39, 0.29) is 44.8 Å². The van der Waals surface area contributed by atoms with Crippen LogP contribution in [0, 0.1) is 5.82 Å². The van der Waals surface area contributed by atoms with Crippen molar-refractivity contribution in [3.05, 3.63) is 77.2 Å². The van der Waals surface area contributed by atoms with Crippen LogP contribution in [-0.4, -0.2) is 60.8 Å². The smallest absolute Gasteiger partial charge is 0.413 e. The average Bonchev–Trinajstić information content (AvgIpc) is 3.75. The van der Waals surface area contributed by atoms with Gasteiger partial charge in [-0.25, -0.2) is 27.6 Å². The van der Waals surface area contributed by atoms with Crippen molar-refractivity contribution >= 4 is 55.1 Å². The van der Waals surface area contributed by atoms with E-state index in [0.29, 0.717) is 11.3 Å². The summed E-state index contributed by atoms with van der Waals surface area (Å²) in [6.07, 6.45) is -4.48. The van der Waals surface area contributed by atoms with E-state index in [9.17, 15) is 36.0 Å². The molecule has 1 fully saturated rings. The first kappa shape index (κ1) is 33.7. The number of ether oxygens (including phenoxy) is 1. The number of anilines is 1. The minimum atomic E-state index is -4.81. The topological polar surface area (TPSA) is 156 Å². The van der Waals surface area contributed by atoms with E-state index in [1.54, 1.807) is 24.3 Å². The van der Waals surface area contributed by atoms with Crippen LogP contribution in [0.5, 0.6) is 0 Å². The number of carbonyl (C=O) groups is 3. The number of benzene rings is 2. The lowest BCUT2D eigenvalue weighted by Crippen LogP contribution is -2.41. The van der Waals surface area contributed by atoms with E-state index in [0.717, 1.165) is 24.5 Å². The Hall–Kier alpha value is -4.64. The summed E-state index contributed by atoms with van der Waals surface area (Å²) in [5.41, 5.74) is 1.11. The van der Waals surface area contributed by atoms with Crippen LogP contribution in [0.25, 0.3) is 21.3 Å². The number of hydrogen-bond acceptors (Lipinski definition) is 9. The molecule has 1 saturated carbocycles. The molecule has 4 aromatic rings. The van der Waals surface area contributed by atoms with Crippen LogP contribution in [0.15, 0.2) is 60.8 Å². The number of rotatable bonds is 12. The fourth-order valence-electron chi connectivity index (χ4n) is 4.36. The maximum atomic E-state index is 15.2.